The largest absolute Gasteiger partial charge is 2.00 e. The van der Waals surface area contributed by atoms with E-state index in [1.165, 1.54) is 18.4 Å². The first-order chi connectivity index (χ1) is 8.18. The summed E-state index contributed by atoms with van der Waals surface area (Å²) in [5, 5.41) is 0. The third-order valence-electron chi connectivity index (χ3n) is 3.84. The molecular formula is C17H22Zr. The topological polar surface area (TPSA) is 0 Å². The van der Waals surface area contributed by atoms with Crippen molar-refractivity contribution in [3.05, 3.63) is 59.5 Å². The van der Waals surface area contributed by atoms with Crippen LogP contribution in [0.1, 0.15) is 32.3 Å². The molecule has 0 spiro atoms. The van der Waals surface area contributed by atoms with Crippen LogP contribution in [0.15, 0.2) is 48.1 Å². The average Bonchev–Trinajstić information content (AvgIpc) is 2.90. The molecule has 0 amide bonds. The molecule has 2 unspecified atom stereocenters. The van der Waals surface area contributed by atoms with Gasteiger partial charge in [0.05, 0.1) is 0 Å². The van der Waals surface area contributed by atoms with Gasteiger partial charge >= 0.3 is 26.2 Å². The van der Waals surface area contributed by atoms with Crippen LogP contribution in [0.3, 0.4) is 0 Å². The quantitative estimate of drug-likeness (QED) is 0.601. The van der Waals surface area contributed by atoms with Crippen molar-refractivity contribution in [1.82, 2.24) is 0 Å². The van der Waals surface area contributed by atoms with Gasteiger partial charge in [-0.3, -0.25) is 0 Å². The van der Waals surface area contributed by atoms with Crippen molar-refractivity contribution < 1.29 is 26.2 Å². The van der Waals surface area contributed by atoms with Crippen LogP contribution < -0.4 is 0 Å². The predicted octanol–water partition coefficient (Wildman–Crippen LogP) is 4.83. The number of fused-ring (bicyclic) bond motifs is 1. The Morgan fingerprint density at radius 2 is 1.83 bits per heavy atom. The van der Waals surface area contributed by atoms with Gasteiger partial charge in [-0.1, -0.05) is 26.2 Å². The van der Waals surface area contributed by atoms with E-state index < -0.39 is 0 Å². The Morgan fingerprint density at radius 1 is 1.17 bits per heavy atom. The second-order valence-electron chi connectivity index (χ2n) is 5.32. The molecule has 0 aromatic heterocycles. The summed E-state index contributed by atoms with van der Waals surface area (Å²) in [5.41, 5.74) is 2.97. The van der Waals surface area contributed by atoms with Crippen molar-refractivity contribution in [3.8, 4) is 0 Å². The average molecular weight is 318 g/mol. The summed E-state index contributed by atoms with van der Waals surface area (Å²) in [5.74, 6) is 3.35. The van der Waals surface area contributed by atoms with E-state index in [9.17, 15) is 0 Å². The molecule has 1 fully saturated rings. The zero-order chi connectivity index (χ0) is 12.3. The molecule has 94 valence electrons. The SMILES string of the molecule is C[C-]1CC(C)C2CC=CC=C12.C[c-]1cccc1.[Zr+2]. The molecule has 2 aliphatic carbocycles. The second-order valence-corrected chi connectivity index (χ2v) is 5.32. The standard InChI is InChI=1S/C11H15.C6H7.Zr/c1-8-7-9(2)11-6-4-3-5-10(8)11;1-6-4-2-3-5-6;/h3-5,9,11H,6-7H2,1-2H3;2-5H,1H3;/q2*-1;+2. The Hall–Kier alpha value is -0.417. The molecule has 1 saturated carbocycles. The number of hydrogen-bond acceptors (Lipinski definition) is 0. The van der Waals surface area contributed by atoms with Crippen LogP contribution >= 0.6 is 0 Å². The van der Waals surface area contributed by atoms with Crippen molar-refractivity contribution in [2.75, 3.05) is 0 Å². The van der Waals surface area contributed by atoms with E-state index in [0.29, 0.717) is 0 Å². The fourth-order valence-electron chi connectivity index (χ4n) is 2.86. The van der Waals surface area contributed by atoms with Gasteiger partial charge in [0, 0.05) is 0 Å². The molecule has 3 rings (SSSR count). The molecule has 0 nitrogen and oxygen atoms in total. The van der Waals surface area contributed by atoms with Gasteiger partial charge in [0.25, 0.3) is 0 Å². The van der Waals surface area contributed by atoms with E-state index in [4.69, 9.17) is 0 Å². The normalized spacial score (nSPS) is 24.6. The van der Waals surface area contributed by atoms with Crippen molar-refractivity contribution in [3.63, 3.8) is 0 Å². The monoisotopic (exact) mass is 316 g/mol. The molecule has 2 atom stereocenters. The molecule has 1 aromatic carbocycles. The summed E-state index contributed by atoms with van der Waals surface area (Å²) < 4.78 is 0. The first-order valence-electron chi connectivity index (χ1n) is 6.56. The molecular weight excluding hydrogens is 295 g/mol. The predicted molar refractivity (Wildman–Crippen MR) is 74.8 cm³/mol. The van der Waals surface area contributed by atoms with Crippen LogP contribution in [-0.4, -0.2) is 0 Å². The first-order valence-corrected chi connectivity index (χ1v) is 6.56. The maximum absolute atomic E-state index is 2.37. The molecule has 0 radical (unpaired) electrons. The molecule has 0 saturated heterocycles. The summed E-state index contributed by atoms with van der Waals surface area (Å²) in [7, 11) is 0. The smallest absolute Gasteiger partial charge is 0.215 e. The van der Waals surface area contributed by atoms with E-state index in [0.717, 1.165) is 11.8 Å². The molecule has 2 aliphatic rings. The summed E-state index contributed by atoms with van der Waals surface area (Å²) >= 11 is 0. The van der Waals surface area contributed by atoms with Crippen LogP contribution in [-0.2, 0) is 26.2 Å². The van der Waals surface area contributed by atoms with Crippen LogP contribution in [0.25, 0.3) is 0 Å². The van der Waals surface area contributed by atoms with E-state index in [-0.39, 0.29) is 26.2 Å². The molecule has 1 heteroatoms. The minimum Gasteiger partial charge on any atom is -0.215 e. The van der Waals surface area contributed by atoms with Gasteiger partial charge in [-0.05, 0) is 12.3 Å². The zero-order valence-corrected chi connectivity index (χ0v) is 14.1. The van der Waals surface area contributed by atoms with Gasteiger partial charge in [-0.15, -0.1) is 19.1 Å². The van der Waals surface area contributed by atoms with Crippen molar-refractivity contribution >= 4 is 0 Å². The minimum absolute atomic E-state index is 0. The molecule has 1 aromatic rings. The second kappa shape index (κ2) is 7.24. The fourth-order valence-corrected chi connectivity index (χ4v) is 2.86. The van der Waals surface area contributed by atoms with Gasteiger partial charge < -0.3 is 0 Å². The van der Waals surface area contributed by atoms with Crippen LogP contribution in [0.2, 0.25) is 0 Å². The Labute approximate surface area is 131 Å². The number of hydrogen-bond donors (Lipinski definition) is 0. The number of rotatable bonds is 0. The van der Waals surface area contributed by atoms with Crippen molar-refractivity contribution in [2.24, 2.45) is 11.8 Å². The summed E-state index contributed by atoms with van der Waals surface area (Å²) in [6.07, 6.45) is 9.38. The minimum atomic E-state index is 0. The Balaban J connectivity index is 0.000000199. The van der Waals surface area contributed by atoms with Gasteiger partial charge in [0.2, 0.25) is 0 Å². The van der Waals surface area contributed by atoms with Gasteiger partial charge in [0.1, 0.15) is 0 Å². The maximum atomic E-state index is 2.37. The van der Waals surface area contributed by atoms with E-state index in [1.807, 2.05) is 12.1 Å². The first kappa shape index (κ1) is 15.6. The number of allylic oxidation sites excluding steroid dienone is 4. The Kier molecular flexibility index (Phi) is 6.29. The van der Waals surface area contributed by atoms with Crippen molar-refractivity contribution in [1.29, 1.82) is 0 Å². The van der Waals surface area contributed by atoms with E-state index >= 15 is 0 Å². The third-order valence-corrected chi connectivity index (χ3v) is 3.84. The van der Waals surface area contributed by atoms with E-state index in [1.54, 1.807) is 11.5 Å². The van der Waals surface area contributed by atoms with Gasteiger partial charge in [-0.25, -0.2) is 29.7 Å². The Bertz CT molecular complexity index is 397. The van der Waals surface area contributed by atoms with Gasteiger partial charge in [-0.2, -0.15) is 17.7 Å². The fraction of sp³-hybridized carbons (Fsp3) is 0.412. The molecule has 0 heterocycles. The van der Waals surface area contributed by atoms with Crippen LogP contribution in [0, 0.1) is 24.7 Å². The van der Waals surface area contributed by atoms with Gasteiger partial charge in [0.15, 0.2) is 0 Å². The maximum Gasteiger partial charge on any atom is 2.00 e. The zero-order valence-electron chi connectivity index (χ0n) is 11.6. The molecule has 0 bridgehead atoms. The van der Waals surface area contributed by atoms with E-state index in [2.05, 4.69) is 51.1 Å². The Morgan fingerprint density at radius 3 is 2.33 bits per heavy atom. The molecule has 0 aliphatic heterocycles. The van der Waals surface area contributed by atoms with Crippen molar-refractivity contribution in [2.45, 2.75) is 33.6 Å². The summed E-state index contributed by atoms with van der Waals surface area (Å²) in [6, 6.07) is 8.24. The number of aryl methyl sites for hydroxylation is 1. The third kappa shape index (κ3) is 3.79. The molecule has 0 N–H and O–H groups in total. The molecule has 18 heavy (non-hydrogen) atoms. The summed E-state index contributed by atoms with van der Waals surface area (Å²) in [4.78, 5) is 0. The summed E-state index contributed by atoms with van der Waals surface area (Å²) in [6.45, 7) is 6.73. The van der Waals surface area contributed by atoms with Crippen LogP contribution in [0.5, 0.6) is 0 Å². The van der Waals surface area contributed by atoms with Crippen LogP contribution in [0.4, 0.5) is 0 Å².